The lowest BCUT2D eigenvalue weighted by molar-refractivity contribution is 0.628. The molecule has 1 N–H and O–H groups in total. The zero-order chi connectivity index (χ0) is 8.69. The van der Waals surface area contributed by atoms with E-state index in [2.05, 4.69) is 12.2 Å². The van der Waals surface area contributed by atoms with Crippen molar-refractivity contribution in [3.05, 3.63) is 35.1 Å². The second-order valence-corrected chi connectivity index (χ2v) is 2.18. The predicted molar refractivity (Wildman–Crippen MR) is 46.7 cm³/mol. The molecule has 0 aliphatic rings. The maximum absolute atomic E-state index is 12.0. The second kappa shape index (κ2) is 5.98. The Balaban J connectivity index is 0.000000292. The molecule has 1 rings (SSSR count). The van der Waals surface area contributed by atoms with E-state index < -0.39 is 0 Å². The van der Waals surface area contributed by atoms with Crippen molar-refractivity contribution in [1.29, 1.82) is 5.41 Å². The molecule has 0 aliphatic heterocycles. The molecule has 0 radical (unpaired) electrons. The van der Waals surface area contributed by atoms with Gasteiger partial charge in [0, 0.05) is 5.02 Å². The van der Waals surface area contributed by atoms with Crippen LogP contribution in [0.15, 0.2) is 24.3 Å². The van der Waals surface area contributed by atoms with Crippen LogP contribution in [0.25, 0.3) is 0 Å². The van der Waals surface area contributed by atoms with Gasteiger partial charge in [-0.15, -0.1) is 0 Å². The number of isothiocyanates is 1. The van der Waals surface area contributed by atoms with E-state index in [1.807, 2.05) is 0 Å². The first-order valence-corrected chi connectivity index (χ1v) is 3.44. The summed E-state index contributed by atoms with van der Waals surface area (Å²) in [4.78, 5) is 0. The van der Waals surface area contributed by atoms with Crippen molar-refractivity contribution in [2.45, 2.75) is 0 Å². The molecule has 1 aromatic rings. The van der Waals surface area contributed by atoms with Crippen molar-refractivity contribution in [3.8, 4) is 0 Å². The van der Waals surface area contributed by atoms with Gasteiger partial charge in [-0.05, 0) is 36.5 Å². The Bertz CT molecular complexity index is 220. The zero-order valence-electron chi connectivity index (χ0n) is 5.47. The number of nitrogens with one attached hydrogen (secondary N) is 1. The molecule has 58 valence electrons. The maximum atomic E-state index is 12.0. The lowest BCUT2D eigenvalue weighted by atomic mass is 10.4. The SMILES string of the molecule is Fc1ccc(Cl)cc1.N=C=S. The van der Waals surface area contributed by atoms with Gasteiger partial charge in [-0.25, -0.2) is 9.80 Å². The molecule has 11 heavy (non-hydrogen) atoms. The molecule has 0 unspecified atom stereocenters. The number of thiocarbonyl (C=S) groups is 1. The van der Waals surface area contributed by atoms with Crippen LogP contribution in [0.1, 0.15) is 0 Å². The van der Waals surface area contributed by atoms with Gasteiger partial charge in [0.05, 0.1) is 5.16 Å². The van der Waals surface area contributed by atoms with Crippen LogP contribution >= 0.6 is 23.8 Å². The van der Waals surface area contributed by atoms with Crippen molar-refractivity contribution in [3.63, 3.8) is 0 Å². The molecule has 1 nitrogen and oxygen atoms in total. The van der Waals surface area contributed by atoms with Crippen LogP contribution in [0, 0.1) is 11.2 Å². The summed E-state index contributed by atoms with van der Waals surface area (Å²) in [6.07, 6.45) is 0. The molecular formula is C7H5ClFNS. The zero-order valence-corrected chi connectivity index (χ0v) is 7.05. The Kier molecular flexibility index (Phi) is 5.57. The van der Waals surface area contributed by atoms with Crippen LogP contribution in [0.2, 0.25) is 5.02 Å². The minimum atomic E-state index is -0.255. The van der Waals surface area contributed by atoms with E-state index in [1.54, 1.807) is 5.16 Å². The summed E-state index contributed by atoms with van der Waals surface area (Å²) < 4.78 is 12.0. The molecule has 0 aliphatic carbocycles. The van der Waals surface area contributed by atoms with E-state index in [4.69, 9.17) is 17.0 Å². The number of rotatable bonds is 0. The highest BCUT2D eigenvalue weighted by Gasteiger charge is 1.85. The highest BCUT2D eigenvalue weighted by Crippen LogP contribution is 2.07. The Hall–Kier alpha value is -0.760. The average molecular weight is 190 g/mol. The summed E-state index contributed by atoms with van der Waals surface area (Å²) in [5, 5.41) is 7.92. The molecule has 0 bridgehead atoms. The molecule has 0 amide bonds. The summed E-state index contributed by atoms with van der Waals surface area (Å²) in [5.74, 6) is -0.255. The maximum Gasteiger partial charge on any atom is 0.123 e. The molecule has 0 fully saturated rings. The van der Waals surface area contributed by atoms with Crippen LogP contribution in [0.4, 0.5) is 4.39 Å². The van der Waals surface area contributed by atoms with Gasteiger partial charge in [0.2, 0.25) is 0 Å². The molecule has 0 heterocycles. The predicted octanol–water partition coefficient (Wildman–Crippen LogP) is 3.15. The van der Waals surface area contributed by atoms with Gasteiger partial charge >= 0.3 is 0 Å². The summed E-state index contributed by atoms with van der Waals surface area (Å²) in [7, 11) is 0. The third kappa shape index (κ3) is 5.67. The monoisotopic (exact) mass is 189 g/mol. The van der Waals surface area contributed by atoms with Crippen LogP contribution < -0.4 is 0 Å². The third-order valence-electron chi connectivity index (χ3n) is 0.804. The van der Waals surface area contributed by atoms with E-state index in [0.717, 1.165) is 0 Å². The summed E-state index contributed by atoms with van der Waals surface area (Å²) in [5.41, 5.74) is 0. The second-order valence-electron chi connectivity index (χ2n) is 1.54. The summed E-state index contributed by atoms with van der Waals surface area (Å²) in [6, 6.07) is 5.67. The van der Waals surface area contributed by atoms with E-state index in [-0.39, 0.29) is 5.82 Å². The fourth-order valence-electron chi connectivity index (χ4n) is 0.430. The minimum absolute atomic E-state index is 0.255. The third-order valence-corrected chi connectivity index (χ3v) is 1.06. The first-order chi connectivity index (χ1) is 5.20. The summed E-state index contributed by atoms with van der Waals surface area (Å²) in [6.45, 7) is 0. The van der Waals surface area contributed by atoms with E-state index in [1.165, 1.54) is 24.3 Å². The molecule has 0 aromatic heterocycles. The van der Waals surface area contributed by atoms with E-state index in [0.29, 0.717) is 5.02 Å². The molecular weight excluding hydrogens is 185 g/mol. The highest BCUT2D eigenvalue weighted by atomic mass is 35.5. The van der Waals surface area contributed by atoms with Crippen molar-refractivity contribution in [2.75, 3.05) is 0 Å². The lowest BCUT2D eigenvalue weighted by Crippen LogP contribution is -1.67. The molecule has 4 heteroatoms. The number of halogens is 2. The first kappa shape index (κ1) is 10.2. The van der Waals surface area contributed by atoms with Gasteiger partial charge in [-0.1, -0.05) is 11.6 Å². The van der Waals surface area contributed by atoms with Gasteiger partial charge < -0.3 is 0 Å². The van der Waals surface area contributed by atoms with Gasteiger partial charge in [-0.3, -0.25) is 0 Å². The van der Waals surface area contributed by atoms with Crippen LogP contribution in [0.3, 0.4) is 0 Å². The Morgan fingerprint density at radius 2 is 1.73 bits per heavy atom. The standard InChI is InChI=1S/C6H4ClF.CHNS/c7-5-1-3-6(8)4-2-5;2-1-3/h1-4H;2H. The fourth-order valence-corrected chi connectivity index (χ4v) is 0.556. The average Bonchev–Trinajstić information content (AvgIpc) is 1.97. The van der Waals surface area contributed by atoms with Crippen molar-refractivity contribution in [1.82, 2.24) is 0 Å². The van der Waals surface area contributed by atoms with Gasteiger partial charge in [0.15, 0.2) is 0 Å². The van der Waals surface area contributed by atoms with Crippen LogP contribution in [0.5, 0.6) is 0 Å². The quantitative estimate of drug-likeness (QED) is 0.492. The van der Waals surface area contributed by atoms with E-state index in [9.17, 15) is 4.39 Å². The van der Waals surface area contributed by atoms with Gasteiger partial charge in [0.25, 0.3) is 0 Å². The van der Waals surface area contributed by atoms with Gasteiger partial charge in [0.1, 0.15) is 5.82 Å². The highest BCUT2D eigenvalue weighted by molar-refractivity contribution is 7.78. The van der Waals surface area contributed by atoms with Crippen LogP contribution in [-0.4, -0.2) is 5.16 Å². The first-order valence-electron chi connectivity index (χ1n) is 2.65. The van der Waals surface area contributed by atoms with Gasteiger partial charge in [-0.2, -0.15) is 0 Å². The summed E-state index contributed by atoms with van der Waals surface area (Å²) >= 11 is 9.26. The van der Waals surface area contributed by atoms with Crippen molar-refractivity contribution < 1.29 is 4.39 Å². The van der Waals surface area contributed by atoms with Crippen molar-refractivity contribution >= 4 is 29.0 Å². The molecule has 0 spiro atoms. The fraction of sp³-hybridized carbons (Fsp3) is 0. The molecule has 0 atom stereocenters. The number of hydrogen-bond acceptors (Lipinski definition) is 2. The molecule has 0 saturated heterocycles. The largest absolute Gasteiger partial charge is 0.248 e. The lowest BCUT2D eigenvalue weighted by Gasteiger charge is -1.84. The Morgan fingerprint density at radius 1 is 1.36 bits per heavy atom. The van der Waals surface area contributed by atoms with Crippen LogP contribution in [-0.2, 0) is 0 Å². The Labute approximate surface area is 74.3 Å². The normalized spacial score (nSPS) is 7.45. The molecule has 1 aromatic carbocycles. The molecule has 0 saturated carbocycles. The van der Waals surface area contributed by atoms with Crippen molar-refractivity contribution in [2.24, 2.45) is 0 Å². The Morgan fingerprint density at radius 3 is 2.00 bits per heavy atom. The number of hydrogen-bond donors (Lipinski definition) is 1. The van der Waals surface area contributed by atoms with E-state index >= 15 is 0 Å². The smallest absolute Gasteiger partial charge is 0.123 e. The number of benzene rings is 1. The topological polar surface area (TPSA) is 23.9 Å². The minimum Gasteiger partial charge on any atom is -0.248 e.